The van der Waals surface area contributed by atoms with Crippen LogP contribution in [0.25, 0.3) is 0 Å². The molecule has 1 saturated heterocycles. The van der Waals surface area contributed by atoms with Crippen LogP contribution in [0.3, 0.4) is 0 Å². The van der Waals surface area contributed by atoms with Crippen molar-refractivity contribution in [3.8, 4) is 0 Å². The number of piperidine rings is 1. The molecule has 1 aromatic heterocycles. The molecule has 2 amide bonds. The zero-order valence-corrected chi connectivity index (χ0v) is 11.5. The molecule has 2 N–H and O–H groups in total. The molecule has 2 heterocycles. The average Bonchev–Trinajstić information content (AvgIpc) is 2.84. The number of aliphatic hydroxyl groups excluding tert-OH is 1. The Morgan fingerprint density at radius 2 is 2.47 bits per heavy atom. The standard InChI is InChI=1S/C13H22N4O2/c1-3-14-13(19)17-7-4-5-10(9-17)11(18)12-15-6-8-16(12)2/h6,8,10-11,18H,3-5,7,9H2,1-2H3,(H,14,19). The maximum atomic E-state index is 11.8. The van der Waals surface area contributed by atoms with Crippen molar-refractivity contribution in [2.24, 2.45) is 13.0 Å². The summed E-state index contributed by atoms with van der Waals surface area (Å²) in [6.07, 6.45) is 4.73. The summed E-state index contributed by atoms with van der Waals surface area (Å²) in [4.78, 5) is 17.8. The molecule has 0 saturated carbocycles. The minimum atomic E-state index is -0.614. The molecule has 6 heteroatoms. The highest BCUT2D eigenvalue weighted by atomic mass is 16.3. The van der Waals surface area contributed by atoms with Gasteiger partial charge in [-0.15, -0.1) is 0 Å². The van der Waals surface area contributed by atoms with Gasteiger partial charge in [-0.05, 0) is 19.8 Å². The summed E-state index contributed by atoms with van der Waals surface area (Å²) < 4.78 is 1.83. The van der Waals surface area contributed by atoms with E-state index < -0.39 is 6.10 Å². The third kappa shape index (κ3) is 3.07. The molecule has 1 aliphatic heterocycles. The molecule has 0 aromatic carbocycles. The number of urea groups is 1. The summed E-state index contributed by atoms with van der Waals surface area (Å²) in [5.41, 5.74) is 0. The number of nitrogens with one attached hydrogen (secondary N) is 1. The van der Waals surface area contributed by atoms with Gasteiger partial charge in [-0.1, -0.05) is 0 Å². The van der Waals surface area contributed by atoms with Crippen molar-refractivity contribution in [3.05, 3.63) is 18.2 Å². The van der Waals surface area contributed by atoms with Crippen LogP contribution in [0.4, 0.5) is 4.79 Å². The van der Waals surface area contributed by atoms with Gasteiger partial charge in [0, 0.05) is 45.0 Å². The molecule has 0 spiro atoms. The SMILES string of the molecule is CCNC(=O)N1CCCC(C(O)c2nccn2C)C1. The van der Waals surface area contributed by atoms with Gasteiger partial charge in [-0.25, -0.2) is 9.78 Å². The van der Waals surface area contributed by atoms with Gasteiger partial charge in [0.05, 0.1) is 0 Å². The predicted molar refractivity (Wildman–Crippen MR) is 71.5 cm³/mol. The molecule has 1 aliphatic rings. The van der Waals surface area contributed by atoms with Gasteiger partial charge in [-0.3, -0.25) is 0 Å². The van der Waals surface area contributed by atoms with E-state index in [1.807, 2.05) is 24.7 Å². The normalized spacial score (nSPS) is 21.2. The summed E-state index contributed by atoms with van der Waals surface area (Å²) in [5.74, 6) is 0.722. The van der Waals surface area contributed by atoms with Gasteiger partial charge in [-0.2, -0.15) is 0 Å². The van der Waals surface area contributed by atoms with E-state index in [4.69, 9.17) is 0 Å². The third-order valence-corrected chi connectivity index (χ3v) is 3.64. The van der Waals surface area contributed by atoms with Crippen LogP contribution in [0.2, 0.25) is 0 Å². The summed E-state index contributed by atoms with van der Waals surface area (Å²) >= 11 is 0. The number of carbonyl (C=O) groups excluding carboxylic acids is 1. The van der Waals surface area contributed by atoms with E-state index in [-0.39, 0.29) is 11.9 Å². The number of aryl methyl sites for hydroxylation is 1. The zero-order valence-electron chi connectivity index (χ0n) is 11.5. The van der Waals surface area contributed by atoms with Crippen molar-refractivity contribution < 1.29 is 9.90 Å². The molecule has 0 radical (unpaired) electrons. The highest BCUT2D eigenvalue weighted by Crippen LogP contribution is 2.28. The maximum Gasteiger partial charge on any atom is 0.317 e. The van der Waals surface area contributed by atoms with Gasteiger partial charge >= 0.3 is 6.03 Å². The molecule has 1 aromatic rings. The smallest absolute Gasteiger partial charge is 0.317 e. The lowest BCUT2D eigenvalue weighted by Gasteiger charge is -2.34. The first-order chi connectivity index (χ1) is 9.13. The third-order valence-electron chi connectivity index (χ3n) is 3.64. The second-order valence-corrected chi connectivity index (χ2v) is 5.02. The van der Waals surface area contributed by atoms with E-state index in [1.54, 1.807) is 11.1 Å². The molecule has 106 valence electrons. The first-order valence-corrected chi connectivity index (χ1v) is 6.81. The zero-order chi connectivity index (χ0) is 13.8. The number of likely N-dealkylation sites (tertiary alicyclic amines) is 1. The number of nitrogens with zero attached hydrogens (tertiary/aromatic N) is 3. The van der Waals surface area contributed by atoms with Crippen LogP contribution in [0.1, 0.15) is 31.7 Å². The number of carbonyl (C=O) groups is 1. The summed E-state index contributed by atoms with van der Waals surface area (Å²) in [5, 5.41) is 13.2. The second-order valence-electron chi connectivity index (χ2n) is 5.02. The number of aliphatic hydroxyl groups is 1. The van der Waals surface area contributed by atoms with Crippen molar-refractivity contribution in [1.82, 2.24) is 19.8 Å². The van der Waals surface area contributed by atoms with Crippen molar-refractivity contribution in [3.63, 3.8) is 0 Å². The van der Waals surface area contributed by atoms with Crippen molar-refractivity contribution in [2.45, 2.75) is 25.9 Å². The molecular formula is C13H22N4O2. The highest BCUT2D eigenvalue weighted by Gasteiger charge is 2.30. The van der Waals surface area contributed by atoms with Crippen LogP contribution in [0.15, 0.2) is 12.4 Å². The minimum absolute atomic E-state index is 0.0424. The van der Waals surface area contributed by atoms with Gasteiger partial charge < -0.3 is 19.9 Å². The Hall–Kier alpha value is -1.56. The fourth-order valence-corrected chi connectivity index (χ4v) is 2.59. The quantitative estimate of drug-likeness (QED) is 0.853. The molecular weight excluding hydrogens is 244 g/mol. The Bertz CT molecular complexity index is 432. The van der Waals surface area contributed by atoms with Crippen LogP contribution >= 0.6 is 0 Å². The van der Waals surface area contributed by atoms with Crippen LogP contribution in [0, 0.1) is 5.92 Å². The molecule has 2 unspecified atom stereocenters. The van der Waals surface area contributed by atoms with E-state index in [9.17, 15) is 9.90 Å². The summed E-state index contributed by atoms with van der Waals surface area (Å²) in [6.45, 7) is 3.87. The topological polar surface area (TPSA) is 70.4 Å². The molecule has 0 aliphatic carbocycles. The Labute approximate surface area is 113 Å². The molecule has 6 nitrogen and oxygen atoms in total. The number of rotatable bonds is 3. The number of amides is 2. The fourth-order valence-electron chi connectivity index (χ4n) is 2.59. The van der Waals surface area contributed by atoms with Gasteiger partial charge in [0.15, 0.2) is 0 Å². The Balaban J connectivity index is 2.01. The van der Waals surface area contributed by atoms with E-state index in [0.717, 1.165) is 19.4 Å². The van der Waals surface area contributed by atoms with Crippen molar-refractivity contribution in [2.75, 3.05) is 19.6 Å². The average molecular weight is 266 g/mol. The first kappa shape index (κ1) is 13.9. The number of hydrogen-bond donors (Lipinski definition) is 2. The number of imidazole rings is 1. The first-order valence-electron chi connectivity index (χ1n) is 6.81. The van der Waals surface area contributed by atoms with Crippen LogP contribution < -0.4 is 5.32 Å². The maximum absolute atomic E-state index is 11.8. The van der Waals surface area contributed by atoms with E-state index in [0.29, 0.717) is 18.9 Å². The van der Waals surface area contributed by atoms with Crippen molar-refractivity contribution in [1.29, 1.82) is 0 Å². The number of aromatic nitrogens is 2. The highest BCUT2D eigenvalue weighted by molar-refractivity contribution is 5.74. The van der Waals surface area contributed by atoms with Gasteiger partial charge in [0.1, 0.15) is 11.9 Å². The molecule has 2 rings (SSSR count). The lowest BCUT2D eigenvalue weighted by atomic mass is 9.92. The monoisotopic (exact) mass is 266 g/mol. The summed E-state index contributed by atoms with van der Waals surface area (Å²) in [6, 6.07) is -0.0424. The minimum Gasteiger partial charge on any atom is -0.385 e. The van der Waals surface area contributed by atoms with E-state index >= 15 is 0 Å². The van der Waals surface area contributed by atoms with Gasteiger partial charge in [0.2, 0.25) is 0 Å². The van der Waals surface area contributed by atoms with Gasteiger partial charge in [0.25, 0.3) is 0 Å². The fraction of sp³-hybridized carbons (Fsp3) is 0.692. The molecule has 0 bridgehead atoms. The van der Waals surface area contributed by atoms with E-state index in [2.05, 4.69) is 10.3 Å². The van der Waals surface area contributed by atoms with Crippen LogP contribution in [-0.2, 0) is 7.05 Å². The van der Waals surface area contributed by atoms with Crippen LogP contribution in [0.5, 0.6) is 0 Å². The van der Waals surface area contributed by atoms with Crippen LogP contribution in [-0.4, -0.2) is 45.2 Å². The predicted octanol–water partition coefficient (Wildman–Crippen LogP) is 0.895. The second kappa shape index (κ2) is 6.06. The van der Waals surface area contributed by atoms with E-state index in [1.165, 1.54) is 0 Å². The van der Waals surface area contributed by atoms with Crippen molar-refractivity contribution >= 4 is 6.03 Å². The molecule has 19 heavy (non-hydrogen) atoms. The Morgan fingerprint density at radius 3 is 3.11 bits per heavy atom. The molecule has 1 fully saturated rings. The Morgan fingerprint density at radius 1 is 1.68 bits per heavy atom. The largest absolute Gasteiger partial charge is 0.385 e. The lowest BCUT2D eigenvalue weighted by Crippen LogP contribution is -2.46. The number of hydrogen-bond acceptors (Lipinski definition) is 3. The molecule has 2 atom stereocenters. The summed E-state index contributed by atoms with van der Waals surface area (Å²) in [7, 11) is 1.87. The lowest BCUT2D eigenvalue weighted by molar-refractivity contribution is 0.0533. The Kier molecular flexibility index (Phi) is 4.42.